The molecule has 1 amide bonds. The van der Waals surface area contributed by atoms with Crippen molar-refractivity contribution in [1.82, 2.24) is 5.32 Å². The monoisotopic (exact) mass is 369 g/mol. The van der Waals surface area contributed by atoms with Gasteiger partial charge in [-0.3, -0.25) is 4.79 Å². The van der Waals surface area contributed by atoms with Gasteiger partial charge in [0.2, 0.25) is 0 Å². The standard InChI is InChI=1S/C21H20ClNO3/c1-15(26-20-8-4-6-16-5-2-3-7-19(16)20)21(24)23-13-14-25-18-11-9-17(22)10-12-18/h2-12,15H,13-14H2,1H3,(H,23,24). The Balaban J connectivity index is 1.49. The van der Waals surface area contributed by atoms with Gasteiger partial charge in [0.25, 0.3) is 5.91 Å². The topological polar surface area (TPSA) is 47.6 Å². The summed E-state index contributed by atoms with van der Waals surface area (Å²) in [6.07, 6.45) is -0.601. The van der Waals surface area contributed by atoms with Gasteiger partial charge in [-0.25, -0.2) is 0 Å². The second kappa shape index (κ2) is 8.59. The summed E-state index contributed by atoms with van der Waals surface area (Å²) in [5.74, 6) is 1.23. The predicted molar refractivity (Wildman–Crippen MR) is 104 cm³/mol. The van der Waals surface area contributed by atoms with Crippen LogP contribution < -0.4 is 14.8 Å². The maximum atomic E-state index is 12.2. The molecule has 0 aliphatic rings. The Morgan fingerprint density at radius 2 is 1.77 bits per heavy atom. The largest absolute Gasteiger partial charge is 0.492 e. The SMILES string of the molecule is CC(Oc1cccc2ccccc12)C(=O)NCCOc1ccc(Cl)cc1. The fourth-order valence-electron chi connectivity index (χ4n) is 2.56. The van der Waals surface area contributed by atoms with Crippen LogP contribution in [0.15, 0.2) is 66.7 Å². The fraction of sp³-hybridized carbons (Fsp3) is 0.190. The van der Waals surface area contributed by atoms with Gasteiger partial charge in [0.1, 0.15) is 18.1 Å². The van der Waals surface area contributed by atoms with Gasteiger partial charge in [-0.15, -0.1) is 0 Å². The highest BCUT2D eigenvalue weighted by atomic mass is 35.5. The van der Waals surface area contributed by atoms with Gasteiger partial charge in [-0.2, -0.15) is 0 Å². The van der Waals surface area contributed by atoms with Crippen molar-refractivity contribution in [1.29, 1.82) is 0 Å². The van der Waals surface area contributed by atoms with E-state index in [1.807, 2.05) is 42.5 Å². The molecule has 26 heavy (non-hydrogen) atoms. The van der Waals surface area contributed by atoms with Gasteiger partial charge >= 0.3 is 0 Å². The first kappa shape index (κ1) is 18.1. The minimum Gasteiger partial charge on any atom is -0.492 e. The molecule has 1 atom stereocenters. The van der Waals surface area contributed by atoms with Gasteiger partial charge in [0, 0.05) is 10.4 Å². The van der Waals surface area contributed by atoms with Crippen molar-refractivity contribution in [2.75, 3.05) is 13.2 Å². The summed E-state index contributed by atoms with van der Waals surface area (Å²) in [5, 5.41) is 5.54. The van der Waals surface area contributed by atoms with Gasteiger partial charge < -0.3 is 14.8 Å². The lowest BCUT2D eigenvalue weighted by atomic mass is 10.1. The maximum absolute atomic E-state index is 12.2. The zero-order valence-corrected chi connectivity index (χ0v) is 15.2. The van der Waals surface area contributed by atoms with E-state index in [0.29, 0.717) is 29.7 Å². The molecular formula is C21H20ClNO3. The Labute approximate surface area is 157 Å². The van der Waals surface area contributed by atoms with Crippen LogP contribution in [0.5, 0.6) is 11.5 Å². The zero-order chi connectivity index (χ0) is 18.4. The molecule has 0 fully saturated rings. The van der Waals surface area contributed by atoms with E-state index >= 15 is 0 Å². The maximum Gasteiger partial charge on any atom is 0.260 e. The van der Waals surface area contributed by atoms with Crippen molar-refractivity contribution < 1.29 is 14.3 Å². The fourth-order valence-corrected chi connectivity index (χ4v) is 2.69. The van der Waals surface area contributed by atoms with E-state index in [1.165, 1.54) is 0 Å². The van der Waals surface area contributed by atoms with Crippen LogP contribution in [0, 0.1) is 0 Å². The van der Waals surface area contributed by atoms with Gasteiger partial charge in [-0.05, 0) is 42.6 Å². The number of rotatable bonds is 7. The van der Waals surface area contributed by atoms with Crippen molar-refractivity contribution in [2.24, 2.45) is 0 Å². The number of nitrogens with one attached hydrogen (secondary N) is 1. The molecule has 4 nitrogen and oxygen atoms in total. The number of halogens is 1. The molecule has 5 heteroatoms. The third-order valence-corrected chi connectivity index (χ3v) is 4.16. The second-order valence-corrected chi connectivity index (χ2v) is 6.27. The number of ether oxygens (including phenoxy) is 2. The Bertz CT molecular complexity index is 875. The smallest absolute Gasteiger partial charge is 0.260 e. The number of fused-ring (bicyclic) bond motifs is 1. The summed E-state index contributed by atoms with van der Waals surface area (Å²) in [7, 11) is 0. The number of amides is 1. The lowest BCUT2D eigenvalue weighted by Crippen LogP contribution is -2.38. The van der Waals surface area contributed by atoms with Crippen LogP contribution >= 0.6 is 11.6 Å². The molecule has 0 spiro atoms. The highest BCUT2D eigenvalue weighted by Gasteiger charge is 2.15. The molecule has 0 saturated heterocycles. The van der Waals surface area contributed by atoms with Crippen molar-refractivity contribution >= 4 is 28.3 Å². The van der Waals surface area contributed by atoms with Crippen LogP contribution in [0.2, 0.25) is 5.02 Å². The summed E-state index contributed by atoms with van der Waals surface area (Å²) in [4.78, 5) is 12.2. The molecule has 3 aromatic carbocycles. The van der Waals surface area contributed by atoms with Crippen LogP contribution in [0.25, 0.3) is 10.8 Å². The van der Waals surface area contributed by atoms with Crippen molar-refractivity contribution in [2.45, 2.75) is 13.0 Å². The minimum absolute atomic E-state index is 0.183. The van der Waals surface area contributed by atoms with E-state index in [0.717, 1.165) is 10.8 Å². The zero-order valence-electron chi connectivity index (χ0n) is 14.4. The van der Waals surface area contributed by atoms with Gasteiger partial charge in [0.05, 0.1) is 6.54 Å². The van der Waals surface area contributed by atoms with Crippen LogP contribution in [0.4, 0.5) is 0 Å². The summed E-state index contributed by atoms with van der Waals surface area (Å²) in [6.45, 7) is 2.50. The highest BCUT2D eigenvalue weighted by molar-refractivity contribution is 6.30. The lowest BCUT2D eigenvalue weighted by molar-refractivity contribution is -0.127. The van der Waals surface area contributed by atoms with E-state index in [1.54, 1.807) is 31.2 Å². The Morgan fingerprint density at radius 1 is 1.04 bits per heavy atom. The van der Waals surface area contributed by atoms with Crippen molar-refractivity contribution in [3.63, 3.8) is 0 Å². The van der Waals surface area contributed by atoms with E-state index in [4.69, 9.17) is 21.1 Å². The third-order valence-electron chi connectivity index (χ3n) is 3.91. The summed E-state index contributed by atoms with van der Waals surface area (Å²) >= 11 is 5.83. The minimum atomic E-state index is -0.601. The Kier molecular flexibility index (Phi) is 5.97. The molecule has 0 aliphatic heterocycles. The van der Waals surface area contributed by atoms with E-state index in [-0.39, 0.29) is 5.91 Å². The second-order valence-electron chi connectivity index (χ2n) is 5.83. The first-order chi connectivity index (χ1) is 12.6. The molecule has 134 valence electrons. The van der Waals surface area contributed by atoms with Crippen molar-refractivity contribution in [3.8, 4) is 11.5 Å². The third kappa shape index (κ3) is 4.67. The molecule has 0 aliphatic carbocycles. The molecule has 3 aromatic rings. The molecule has 3 rings (SSSR count). The van der Waals surface area contributed by atoms with E-state index in [9.17, 15) is 4.79 Å². The summed E-state index contributed by atoms with van der Waals surface area (Å²) in [5.41, 5.74) is 0. The van der Waals surface area contributed by atoms with Crippen LogP contribution in [-0.4, -0.2) is 25.2 Å². The average Bonchev–Trinajstić information content (AvgIpc) is 2.66. The first-order valence-corrected chi connectivity index (χ1v) is 8.82. The van der Waals surface area contributed by atoms with Gasteiger partial charge in [0.15, 0.2) is 6.10 Å². The molecule has 0 saturated carbocycles. The average molecular weight is 370 g/mol. The van der Waals surface area contributed by atoms with Crippen LogP contribution in [0.3, 0.4) is 0 Å². The van der Waals surface area contributed by atoms with Crippen LogP contribution in [0.1, 0.15) is 6.92 Å². The molecule has 0 radical (unpaired) electrons. The highest BCUT2D eigenvalue weighted by Crippen LogP contribution is 2.26. The van der Waals surface area contributed by atoms with E-state index in [2.05, 4.69) is 5.32 Å². The number of benzene rings is 3. The molecular weight excluding hydrogens is 350 g/mol. The number of hydrogen-bond acceptors (Lipinski definition) is 3. The first-order valence-electron chi connectivity index (χ1n) is 8.44. The summed E-state index contributed by atoms with van der Waals surface area (Å²) in [6, 6.07) is 20.8. The normalized spacial score (nSPS) is 11.8. The summed E-state index contributed by atoms with van der Waals surface area (Å²) < 4.78 is 11.4. The lowest BCUT2D eigenvalue weighted by Gasteiger charge is -2.16. The number of hydrogen-bond donors (Lipinski definition) is 1. The molecule has 0 heterocycles. The number of carbonyl (C=O) groups is 1. The van der Waals surface area contributed by atoms with Gasteiger partial charge in [-0.1, -0.05) is 48.0 Å². The molecule has 0 bridgehead atoms. The van der Waals surface area contributed by atoms with Crippen LogP contribution in [-0.2, 0) is 4.79 Å². The molecule has 0 aromatic heterocycles. The van der Waals surface area contributed by atoms with E-state index < -0.39 is 6.10 Å². The Hall–Kier alpha value is -2.72. The van der Waals surface area contributed by atoms with Crippen molar-refractivity contribution in [3.05, 3.63) is 71.8 Å². The quantitative estimate of drug-likeness (QED) is 0.626. The molecule has 1 unspecified atom stereocenters. The predicted octanol–water partition coefficient (Wildman–Crippen LogP) is 4.46. The molecule has 1 N–H and O–H groups in total. The number of carbonyl (C=O) groups excluding carboxylic acids is 1. The Morgan fingerprint density at radius 3 is 2.58 bits per heavy atom.